The Bertz CT molecular complexity index is 681. The van der Waals surface area contributed by atoms with Gasteiger partial charge in [0.1, 0.15) is 0 Å². The Morgan fingerprint density at radius 3 is 2.41 bits per heavy atom. The fourth-order valence-corrected chi connectivity index (χ4v) is 2.01. The van der Waals surface area contributed by atoms with Crippen molar-refractivity contribution in [3.63, 3.8) is 0 Å². The third-order valence-electron chi connectivity index (χ3n) is 2.60. The van der Waals surface area contributed by atoms with Crippen LogP contribution in [0.4, 0.5) is 11.5 Å². The van der Waals surface area contributed by atoms with Gasteiger partial charge in [0, 0.05) is 5.54 Å². The highest BCUT2D eigenvalue weighted by Gasteiger charge is 2.16. The summed E-state index contributed by atoms with van der Waals surface area (Å²) in [5.41, 5.74) is 0.539. The fourth-order valence-electron chi connectivity index (χ4n) is 1.66. The van der Waals surface area contributed by atoms with Gasteiger partial charge in [0.05, 0.1) is 15.7 Å². The van der Waals surface area contributed by atoms with Crippen LogP contribution in [0.3, 0.4) is 0 Å². The van der Waals surface area contributed by atoms with E-state index in [1.165, 1.54) is 0 Å². The van der Waals surface area contributed by atoms with Crippen molar-refractivity contribution in [2.24, 2.45) is 0 Å². The third kappa shape index (κ3) is 4.32. The highest BCUT2D eigenvalue weighted by molar-refractivity contribution is 6.43. The zero-order valence-electron chi connectivity index (χ0n) is 12.4. The van der Waals surface area contributed by atoms with Gasteiger partial charge in [-0.2, -0.15) is 0 Å². The van der Waals surface area contributed by atoms with Gasteiger partial charge in [0.15, 0.2) is 11.5 Å². The van der Waals surface area contributed by atoms with Crippen molar-refractivity contribution in [2.75, 3.05) is 5.32 Å². The Kier molecular flexibility index (Phi) is 4.88. The molecule has 0 bridgehead atoms. The number of hydrogen-bond acceptors (Lipinski definition) is 4. The minimum Gasteiger partial charge on any atom is -0.346 e. The lowest BCUT2D eigenvalue weighted by Crippen LogP contribution is -2.41. The van der Waals surface area contributed by atoms with Crippen molar-refractivity contribution < 1.29 is 4.79 Å². The summed E-state index contributed by atoms with van der Waals surface area (Å²) >= 11 is 12.0. The average molecular weight is 339 g/mol. The van der Waals surface area contributed by atoms with Crippen LogP contribution in [0.5, 0.6) is 0 Å². The van der Waals surface area contributed by atoms with Crippen molar-refractivity contribution in [3.05, 3.63) is 46.1 Å². The molecule has 1 heterocycles. The van der Waals surface area contributed by atoms with Crippen LogP contribution < -0.4 is 10.6 Å². The molecule has 0 spiro atoms. The van der Waals surface area contributed by atoms with Gasteiger partial charge in [-0.05, 0) is 45.0 Å². The molecule has 0 unspecified atom stereocenters. The van der Waals surface area contributed by atoms with E-state index in [2.05, 4.69) is 20.8 Å². The van der Waals surface area contributed by atoms with Crippen LogP contribution in [0.1, 0.15) is 31.3 Å². The second-order valence-electron chi connectivity index (χ2n) is 5.73. The number of nitrogens with zero attached hydrogens (tertiary/aromatic N) is 2. The van der Waals surface area contributed by atoms with Gasteiger partial charge < -0.3 is 10.6 Å². The molecule has 7 heteroatoms. The first-order valence-electron chi connectivity index (χ1n) is 6.63. The van der Waals surface area contributed by atoms with Crippen LogP contribution in [-0.4, -0.2) is 21.6 Å². The monoisotopic (exact) mass is 338 g/mol. The van der Waals surface area contributed by atoms with E-state index >= 15 is 0 Å². The van der Waals surface area contributed by atoms with Gasteiger partial charge in [-0.3, -0.25) is 4.79 Å². The molecule has 0 atom stereocenters. The Balaban J connectivity index is 2.12. The van der Waals surface area contributed by atoms with Gasteiger partial charge in [-0.1, -0.05) is 29.3 Å². The number of hydrogen-bond donors (Lipinski definition) is 2. The molecule has 22 heavy (non-hydrogen) atoms. The van der Waals surface area contributed by atoms with Crippen LogP contribution in [0.15, 0.2) is 30.3 Å². The number of nitrogens with one attached hydrogen (secondary N) is 2. The van der Waals surface area contributed by atoms with Crippen LogP contribution >= 0.6 is 23.2 Å². The highest BCUT2D eigenvalue weighted by Crippen LogP contribution is 2.31. The van der Waals surface area contributed by atoms with Crippen LogP contribution in [-0.2, 0) is 0 Å². The van der Waals surface area contributed by atoms with Crippen molar-refractivity contribution in [3.8, 4) is 0 Å². The number of carbonyl (C=O) groups excluding carboxylic acids is 1. The van der Waals surface area contributed by atoms with E-state index in [9.17, 15) is 4.79 Å². The van der Waals surface area contributed by atoms with E-state index < -0.39 is 0 Å². The number of aromatic nitrogens is 2. The molecule has 0 saturated heterocycles. The Hall–Kier alpha value is -1.85. The molecule has 0 radical (unpaired) electrons. The lowest BCUT2D eigenvalue weighted by Gasteiger charge is -2.19. The van der Waals surface area contributed by atoms with Crippen molar-refractivity contribution in [1.82, 2.24) is 15.5 Å². The van der Waals surface area contributed by atoms with E-state index in [4.69, 9.17) is 23.2 Å². The average Bonchev–Trinajstić information content (AvgIpc) is 2.43. The number of anilines is 2. The molecular formula is C15H16Cl2N4O. The van der Waals surface area contributed by atoms with E-state index in [1.54, 1.807) is 30.3 Å². The molecule has 0 saturated carbocycles. The topological polar surface area (TPSA) is 66.9 Å². The van der Waals surface area contributed by atoms with Crippen LogP contribution in [0, 0.1) is 0 Å². The van der Waals surface area contributed by atoms with Gasteiger partial charge >= 0.3 is 0 Å². The molecule has 0 aliphatic heterocycles. The lowest BCUT2D eigenvalue weighted by molar-refractivity contribution is 0.0913. The van der Waals surface area contributed by atoms with E-state index in [1.807, 2.05) is 20.8 Å². The van der Waals surface area contributed by atoms with Crippen molar-refractivity contribution in [1.29, 1.82) is 0 Å². The highest BCUT2D eigenvalue weighted by atomic mass is 35.5. The smallest absolute Gasteiger partial charge is 0.272 e. The predicted molar refractivity (Wildman–Crippen MR) is 89.0 cm³/mol. The summed E-state index contributed by atoms with van der Waals surface area (Å²) < 4.78 is 0. The standard InChI is InChI=1S/C15H16Cl2N4O/c1-15(2,3)19-14(22)11-7-8-12(21-20-11)18-10-6-4-5-9(16)13(10)17/h4-8H,1-3H3,(H,18,21)(H,19,22). The summed E-state index contributed by atoms with van der Waals surface area (Å²) in [5, 5.41) is 14.6. The maximum atomic E-state index is 12.0. The molecule has 2 rings (SSSR count). The molecule has 2 aromatic rings. The van der Waals surface area contributed by atoms with Gasteiger partial charge in [-0.15, -0.1) is 10.2 Å². The fraction of sp³-hybridized carbons (Fsp3) is 0.267. The SMILES string of the molecule is CC(C)(C)NC(=O)c1ccc(Nc2cccc(Cl)c2Cl)nn1. The van der Waals surface area contributed by atoms with Gasteiger partial charge in [0.2, 0.25) is 0 Å². The first-order chi connectivity index (χ1) is 10.3. The molecule has 1 aromatic carbocycles. The largest absolute Gasteiger partial charge is 0.346 e. The number of amides is 1. The Labute approximate surface area is 139 Å². The predicted octanol–water partition coefficient (Wildman–Crippen LogP) is 4.06. The maximum absolute atomic E-state index is 12.0. The summed E-state index contributed by atoms with van der Waals surface area (Å²) in [6, 6.07) is 8.49. The molecule has 1 amide bonds. The second kappa shape index (κ2) is 6.50. The summed E-state index contributed by atoms with van der Waals surface area (Å²) in [4.78, 5) is 12.0. The second-order valence-corrected chi connectivity index (χ2v) is 6.52. The normalized spacial score (nSPS) is 11.1. The van der Waals surface area contributed by atoms with Crippen molar-refractivity contribution >= 4 is 40.6 Å². The Morgan fingerprint density at radius 1 is 1.09 bits per heavy atom. The number of halogens is 2. The zero-order valence-corrected chi connectivity index (χ0v) is 14.0. The first-order valence-corrected chi connectivity index (χ1v) is 7.39. The van der Waals surface area contributed by atoms with Crippen LogP contribution in [0.25, 0.3) is 0 Å². The molecule has 1 aromatic heterocycles. The summed E-state index contributed by atoms with van der Waals surface area (Å²) in [5.74, 6) is 0.198. The van der Waals surface area contributed by atoms with E-state index in [0.717, 1.165) is 0 Å². The summed E-state index contributed by atoms with van der Waals surface area (Å²) in [6.45, 7) is 5.69. The molecule has 0 aliphatic carbocycles. The summed E-state index contributed by atoms with van der Waals surface area (Å²) in [7, 11) is 0. The molecular weight excluding hydrogens is 323 g/mol. The van der Waals surface area contributed by atoms with Crippen LogP contribution in [0.2, 0.25) is 10.0 Å². The maximum Gasteiger partial charge on any atom is 0.272 e. The molecule has 0 aliphatic rings. The molecule has 116 valence electrons. The minimum absolute atomic E-state index is 0.248. The quantitative estimate of drug-likeness (QED) is 0.885. The van der Waals surface area contributed by atoms with Crippen molar-refractivity contribution in [2.45, 2.75) is 26.3 Å². The van der Waals surface area contributed by atoms with E-state index in [-0.39, 0.29) is 17.1 Å². The third-order valence-corrected chi connectivity index (χ3v) is 3.42. The zero-order chi connectivity index (χ0) is 16.3. The first kappa shape index (κ1) is 16.5. The summed E-state index contributed by atoms with van der Waals surface area (Å²) in [6.07, 6.45) is 0. The Morgan fingerprint density at radius 2 is 1.82 bits per heavy atom. The lowest BCUT2D eigenvalue weighted by atomic mass is 10.1. The molecule has 5 nitrogen and oxygen atoms in total. The number of rotatable bonds is 3. The number of benzene rings is 1. The van der Waals surface area contributed by atoms with E-state index in [0.29, 0.717) is 21.6 Å². The number of carbonyl (C=O) groups is 1. The molecule has 0 fully saturated rings. The van der Waals surface area contributed by atoms with Gasteiger partial charge in [0.25, 0.3) is 5.91 Å². The molecule has 2 N–H and O–H groups in total. The van der Waals surface area contributed by atoms with Gasteiger partial charge in [-0.25, -0.2) is 0 Å². The minimum atomic E-state index is -0.329.